The molecule has 0 radical (unpaired) electrons. The number of nitrogens with zero attached hydrogens (tertiary/aromatic N) is 1. The number of hydrogen-bond donors (Lipinski definition) is 3. The third kappa shape index (κ3) is 4.94. The first-order valence-corrected chi connectivity index (χ1v) is 6.34. The molecule has 0 saturated heterocycles. The van der Waals surface area contributed by atoms with Gasteiger partial charge in [-0.3, -0.25) is 14.9 Å². The van der Waals surface area contributed by atoms with Crippen LogP contribution in [0.15, 0.2) is 18.2 Å². The summed E-state index contributed by atoms with van der Waals surface area (Å²) in [6.07, 6.45) is -0.455. The van der Waals surface area contributed by atoms with E-state index in [2.05, 4.69) is 10.6 Å². The number of carbonyl (C=O) groups is 1. The lowest BCUT2D eigenvalue weighted by Crippen LogP contribution is -2.34. The van der Waals surface area contributed by atoms with Crippen LogP contribution >= 0.6 is 0 Å². The van der Waals surface area contributed by atoms with Crippen molar-refractivity contribution in [2.24, 2.45) is 0 Å². The number of benzene rings is 1. The summed E-state index contributed by atoms with van der Waals surface area (Å²) in [6.45, 7) is 4.67. The fourth-order valence-electron chi connectivity index (χ4n) is 1.66. The number of hydrogen-bond acceptors (Lipinski definition) is 5. The van der Waals surface area contributed by atoms with Gasteiger partial charge in [0, 0.05) is 25.7 Å². The van der Waals surface area contributed by atoms with Crippen molar-refractivity contribution in [3.8, 4) is 0 Å². The fraction of sp³-hybridized carbons (Fsp3) is 0.462. The molecule has 110 valence electrons. The van der Waals surface area contributed by atoms with Gasteiger partial charge in [-0.15, -0.1) is 0 Å². The lowest BCUT2D eigenvalue weighted by Gasteiger charge is -2.09. The normalized spacial score (nSPS) is 11.9. The molecule has 1 unspecified atom stereocenters. The number of aliphatic hydroxyl groups is 1. The molecule has 0 fully saturated rings. The van der Waals surface area contributed by atoms with Crippen LogP contribution in [0, 0.1) is 17.0 Å². The molecule has 0 aliphatic rings. The Labute approximate surface area is 117 Å². The maximum Gasteiger partial charge on any atom is 0.282 e. The third-order valence-corrected chi connectivity index (χ3v) is 2.62. The molecule has 20 heavy (non-hydrogen) atoms. The zero-order chi connectivity index (χ0) is 15.1. The fourth-order valence-corrected chi connectivity index (χ4v) is 1.66. The molecule has 3 N–H and O–H groups in total. The Balaban J connectivity index is 2.59. The minimum atomic E-state index is -0.569. The highest BCUT2D eigenvalue weighted by Crippen LogP contribution is 2.19. The second-order valence-electron chi connectivity index (χ2n) is 4.59. The monoisotopic (exact) mass is 281 g/mol. The first-order valence-electron chi connectivity index (χ1n) is 6.34. The van der Waals surface area contributed by atoms with E-state index in [1.165, 1.54) is 12.1 Å². The molecule has 0 saturated carbocycles. The summed E-state index contributed by atoms with van der Waals surface area (Å²) in [5, 5.41) is 25.5. The Morgan fingerprint density at radius 2 is 2.15 bits per heavy atom. The Bertz CT molecular complexity index is 489. The minimum Gasteiger partial charge on any atom is -0.392 e. The third-order valence-electron chi connectivity index (χ3n) is 2.62. The number of aryl methyl sites for hydroxylation is 1. The number of amides is 1. The van der Waals surface area contributed by atoms with Gasteiger partial charge in [-0.1, -0.05) is 6.07 Å². The van der Waals surface area contributed by atoms with Crippen LogP contribution in [0.5, 0.6) is 0 Å². The Morgan fingerprint density at radius 1 is 1.45 bits per heavy atom. The minimum absolute atomic E-state index is 0.0607. The van der Waals surface area contributed by atoms with Crippen molar-refractivity contribution in [2.45, 2.75) is 20.0 Å². The molecular weight excluding hydrogens is 262 g/mol. The number of nitro benzene ring substituents is 1. The molecule has 1 aromatic carbocycles. The Kier molecular flexibility index (Phi) is 6.08. The molecule has 0 aliphatic carbocycles. The molecule has 0 aromatic heterocycles. The smallest absolute Gasteiger partial charge is 0.282 e. The van der Waals surface area contributed by atoms with Crippen molar-refractivity contribution in [1.82, 2.24) is 10.6 Å². The number of aliphatic hydroxyl groups excluding tert-OH is 1. The molecule has 1 rings (SSSR count). The lowest BCUT2D eigenvalue weighted by molar-refractivity contribution is -0.385. The quantitative estimate of drug-likeness (QED) is 0.386. The second-order valence-corrected chi connectivity index (χ2v) is 4.59. The molecule has 1 amide bonds. The van der Waals surface area contributed by atoms with Crippen molar-refractivity contribution < 1.29 is 14.8 Å². The van der Waals surface area contributed by atoms with Crippen LogP contribution < -0.4 is 10.6 Å². The highest BCUT2D eigenvalue weighted by Gasteiger charge is 2.19. The van der Waals surface area contributed by atoms with Crippen LogP contribution in [-0.2, 0) is 0 Å². The van der Waals surface area contributed by atoms with Gasteiger partial charge in [0.1, 0.15) is 5.56 Å². The predicted octanol–water partition coefficient (Wildman–Crippen LogP) is 0.603. The van der Waals surface area contributed by atoms with Crippen LogP contribution in [0.25, 0.3) is 0 Å². The first kappa shape index (κ1) is 16.1. The van der Waals surface area contributed by atoms with Gasteiger partial charge in [-0.25, -0.2) is 0 Å². The van der Waals surface area contributed by atoms with E-state index in [0.717, 1.165) is 5.56 Å². The van der Waals surface area contributed by atoms with Gasteiger partial charge in [-0.05, 0) is 25.5 Å². The van der Waals surface area contributed by atoms with Gasteiger partial charge in [0.05, 0.1) is 11.0 Å². The number of rotatable bonds is 7. The maximum absolute atomic E-state index is 11.9. The van der Waals surface area contributed by atoms with E-state index in [0.29, 0.717) is 19.6 Å². The van der Waals surface area contributed by atoms with Crippen LogP contribution in [0.1, 0.15) is 22.8 Å². The van der Waals surface area contributed by atoms with E-state index >= 15 is 0 Å². The van der Waals surface area contributed by atoms with Crippen LogP contribution in [0.3, 0.4) is 0 Å². The molecule has 0 spiro atoms. The summed E-state index contributed by atoms with van der Waals surface area (Å²) in [6, 6.07) is 4.42. The van der Waals surface area contributed by atoms with Crippen molar-refractivity contribution in [3.63, 3.8) is 0 Å². The molecule has 0 bridgehead atoms. The highest BCUT2D eigenvalue weighted by atomic mass is 16.6. The average molecular weight is 281 g/mol. The summed E-state index contributed by atoms with van der Waals surface area (Å²) in [4.78, 5) is 22.2. The topological polar surface area (TPSA) is 104 Å². The van der Waals surface area contributed by atoms with Crippen molar-refractivity contribution >= 4 is 11.6 Å². The molecule has 1 atom stereocenters. The van der Waals surface area contributed by atoms with Crippen LogP contribution in [0.2, 0.25) is 0 Å². The van der Waals surface area contributed by atoms with E-state index in [1.807, 2.05) is 0 Å². The van der Waals surface area contributed by atoms with Gasteiger partial charge >= 0.3 is 0 Å². The highest BCUT2D eigenvalue weighted by molar-refractivity contribution is 5.98. The zero-order valence-corrected chi connectivity index (χ0v) is 11.5. The van der Waals surface area contributed by atoms with E-state index in [4.69, 9.17) is 5.11 Å². The molecule has 0 heterocycles. The second kappa shape index (κ2) is 7.56. The van der Waals surface area contributed by atoms with E-state index in [1.54, 1.807) is 19.9 Å². The molecule has 7 nitrogen and oxygen atoms in total. The zero-order valence-electron chi connectivity index (χ0n) is 11.5. The largest absolute Gasteiger partial charge is 0.392 e. The first-order chi connectivity index (χ1) is 9.41. The SMILES string of the molecule is Cc1ccc([N+](=O)[O-])c(C(=O)NCCNCC(C)O)c1. The van der Waals surface area contributed by atoms with Crippen molar-refractivity contribution in [3.05, 3.63) is 39.4 Å². The summed E-state index contributed by atoms with van der Waals surface area (Å²) >= 11 is 0. The Morgan fingerprint density at radius 3 is 2.75 bits per heavy atom. The number of nitrogens with one attached hydrogen (secondary N) is 2. The number of nitro groups is 1. The molecule has 7 heteroatoms. The van der Waals surface area contributed by atoms with Gasteiger partial charge in [-0.2, -0.15) is 0 Å². The predicted molar refractivity (Wildman–Crippen MR) is 74.7 cm³/mol. The summed E-state index contributed by atoms with van der Waals surface area (Å²) in [7, 11) is 0. The number of carbonyl (C=O) groups excluding carboxylic acids is 1. The average Bonchev–Trinajstić information content (AvgIpc) is 2.37. The van der Waals surface area contributed by atoms with Gasteiger partial charge in [0.25, 0.3) is 11.6 Å². The molecule has 0 aliphatic heterocycles. The van der Waals surface area contributed by atoms with Gasteiger partial charge in [0.2, 0.25) is 0 Å². The van der Waals surface area contributed by atoms with E-state index in [9.17, 15) is 14.9 Å². The maximum atomic E-state index is 11.9. The standard InChI is InChI=1S/C13H19N3O4/c1-9-3-4-12(16(19)20)11(7-9)13(18)15-6-5-14-8-10(2)17/h3-4,7,10,14,17H,5-6,8H2,1-2H3,(H,15,18). The van der Waals surface area contributed by atoms with Crippen molar-refractivity contribution in [1.29, 1.82) is 0 Å². The van der Waals surface area contributed by atoms with E-state index in [-0.39, 0.29) is 11.3 Å². The van der Waals surface area contributed by atoms with Crippen molar-refractivity contribution in [2.75, 3.05) is 19.6 Å². The lowest BCUT2D eigenvalue weighted by atomic mass is 10.1. The van der Waals surface area contributed by atoms with E-state index < -0.39 is 16.9 Å². The summed E-state index contributed by atoms with van der Waals surface area (Å²) < 4.78 is 0. The Hall–Kier alpha value is -1.99. The summed E-state index contributed by atoms with van der Waals surface area (Å²) in [5.41, 5.74) is 0.642. The van der Waals surface area contributed by atoms with Gasteiger partial charge in [0.15, 0.2) is 0 Å². The van der Waals surface area contributed by atoms with Gasteiger partial charge < -0.3 is 15.7 Å². The summed E-state index contributed by atoms with van der Waals surface area (Å²) in [5.74, 6) is -0.473. The van der Waals surface area contributed by atoms with Crippen LogP contribution in [-0.4, -0.2) is 41.7 Å². The molecular formula is C13H19N3O4. The van der Waals surface area contributed by atoms with Crippen LogP contribution in [0.4, 0.5) is 5.69 Å². The molecule has 1 aromatic rings.